The number of allylic oxidation sites excluding steroid dienone is 2. The van der Waals surface area contributed by atoms with Crippen LogP contribution in [0.3, 0.4) is 0 Å². The Morgan fingerprint density at radius 3 is 1.75 bits per heavy atom. The molecule has 4 aromatic carbocycles. The fourth-order valence-electron chi connectivity index (χ4n) is 4.63. The number of benzene rings is 4. The van der Waals surface area contributed by atoms with Gasteiger partial charge in [-0.2, -0.15) is 0 Å². The molecule has 0 spiro atoms. The standard InChI is InChI=1S/C34H34F2/c1-3-4-6-9-26-14-18-30(19-15-26)31-20-16-27(17-21-31)12-13-28-23-33(35)32(34(36)24-28)22-25(2)29-10-7-5-8-11-29/h3-5,7-8,10-11,14-21,23-25H,6,9,12-13,22H2,1-2H3/t25-/m1/s1. The van der Waals surface area contributed by atoms with Crippen molar-refractivity contribution in [1.29, 1.82) is 0 Å². The first-order chi connectivity index (χ1) is 17.5. The van der Waals surface area contributed by atoms with Gasteiger partial charge in [0.2, 0.25) is 0 Å². The first-order valence-electron chi connectivity index (χ1n) is 12.8. The zero-order chi connectivity index (χ0) is 25.3. The summed E-state index contributed by atoms with van der Waals surface area (Å²) in [5, 5.41) is 0. The molecule has 1 atom stereocenters. The molecule has 0 aromatic heterocycles. The van der Waals surface area contributed by atoms with Crippen LogP contribution in [0.1, 0.15) is 54.0 Å². The van der Waals surface area contributed by atoms with Gasteiger partial charge in [0.1, 0.15) is 11.6 Å². The molecule has 0 unspecified atom stereocenters. The Bertz CT molecular complexity index is 1250. The molecule has 0 saturated heterocycles. The van der Waals surface area contributed by atoms with Crippen LogP contribution in [0.15, 0.2) is 103 Å². The Hall–Kier alpha value is -3.52. The first kappa shape index (κ1) is 25.6. The molecular formula is C34H34F2. The van der Waals surface area contributed by atoms with Crippen molar-refractivity contribution >= 4 is 0 Å². The van der Waals surface area contributed by atoms with E-state index in [4.69, 9.17) is 0 Å². The SMILES string of the molecule is CC=CCCc1ccc(-c2ccc(CCc3cc(F)c(C[C@@H](C)c4ccccc4)c(F)c3)cc2)cc1. The summed E-state index contributed by atoms with van der Waals surface area (Å²) >= 11 is 0. The minimum Gasteiger partial charge on any atom is -0.207 e. The van der Waals surface area contributed by atoms with E-state index in [0.29, 0.717) is 18.4 Å². The minimum atomic E-state index is -0.447. The Morgan fingerprint density at radius 1 is 0.667 bits per heavy atom. The highest BCUT2D eigenvalue weighted by atomic mass is 19.1. The second kappa shape index (κ2) is 12.4. The van der Waals surface area contributed by atoms with E-state index in [1.54, 1.807) is 0 Å². The van der Waals surface area contributed by atoms with E-state index < -0.39 is 11.6 Å². The van der Waals surface area contributed by atoms with Crippen LogP contribution in [0.4, 0.5) is 8.78 Å². The van der Waals surface area contributed by atoms with Gasteiger partial charge in [0.05, 0.1) is 0 Å². The van der Waals surface area contributed by atoms with Gasteiger partial charge >= 0.3 is 0 Å². The van der Waals surface area contributed by atoms with E-state index in [-0.39, 0.29) is 11.5 Å². The summed E-state index contributed by atoms with van der Waals surface area (Å²) in [5.74, 6) is -0.844. The van der Waals surface area contributed by atoms with Gasteiger partial charge < -0.3 is 0 Å². The van der Waals surface area contributed by atoms with Crippen molar-refractivity contribution in [2.75, 3.05) is 0 Å². The summed E-state index contributed by atoms with van der Waals surface area (Å²) in [6, 6.07) is 30.1. The summed E-state index contributed by atoms with van der Waals surface area (Å²) in [4.78, 5) is 0. The minimum absolute atomic E-state index is 0.0500. The van der Waals surface area contributed by atoms with Gasteiger partial charge in [-0.25, -0.2) is 8.78 Å². The molecule has 0 aliphatic heterocycles. The van der Waals surface area contributed by atoms with Crippen molar-refractivity contribution in [1.82, 2.24) is 0 Å². The van der Waals surface area contributed by atoms with Crippen LogP contribution >= 0.6 is 0 Å². The molecule has 36 heavy (non-hydrogen) atoms. The Morgan fingerprint density at radius 2 is 1.19 bits per heavy atom. The van der Waals surface area contributed by atoms with E-state index >= 15 is 0 Å². The predicted octanol–water partition coefficient (Wildman–Crippen LogP) is 9.27. The van der Waals surface area contributed by atoms with E-state index in [9.17, 15) is 8.78 Å². The maximum absolute atomic E-state index is 14.8. The third-order valence-electron chi connectivity index (χ3n) is 6.86. The quantitative estimate of drug-likeness (QED) is 0.198. The molecule has 184 valence electrons. The maximum atomic E-state index is 14.8. The number of halogens is 2. The summed E-state index contributed by atoms with van der Waals surface area (Å²) in [7, 11) is 0. The molecule has 0 bridgehead atoms. The van der Waals surface area contributed by atoms with Crippen LogP contribution in [-0.4, -0.2) is 0 Å². The van der Waals surface area contributed by atoms with E-state index in [0.717, 1.165) is 30.4 Å². The zero-order valence-corrected chi connectivity index (χ0v) is 21.2. The second-order valence-corrected chi connectivity index (χ2v) is 9.56. The molecule has 0 nitrogen and oxygen atoms in total. The van der Waals surface area contributed by atoms with Gasteiger partial charge in [0, 0.05) is 5.56 Å². The lowest BCUT2D eigenvalue weighted by atomic mass is 9.92. The topological polar surface area (TPSA) is 0 Å². The highest BCUT2D eigenvalue weighted by Gasteiger charge is 2.16. The van der Waals surface area contributed by atoms with Crippen molar-refractivity contribution in [3.63, 3.8) is 0 Å². The molecule has 0 amide bonds. The summed E-state index contributed by atoms with van der Waals surface area (Å²) in [6.45, 7) is 4.05. The fraction of sp³-hybridized carbons (Fsp3) is 0.235. The number of hydrogen-bond acceptors (Lipinski definition) is 0. The first-order valence-corrected chi connectivity index (χ1v) is 12.8. The van der Waals surface area contributed by atoms with Gasteiger partial charge in [-0.05, 0) is 90.5 Å². The smallest absolute Gasteiger partial charge is 0.129 e. The maximum Gasteiger partial charge on any atom is 0.129 e. The molecule has 4 aromatic rings. The van der Waals surface area contributed by atoms with Gasteiger partial charge in [0.15, 0.2) is 0 Å². The van der Waals surface area contributed by atoms with E-state index in [1.807, 2.05) is 44.2 Å². The van der Waals surface area contributed by atoms with Crippen molar-refractivity contribution in [2.24, 2.45) is 0 Å². The lowest BCUT2D eigenvalue weighted by Gasteiger charge is -2.14. The molecule has 0 aliphatic carbocycles. The fourth-order valence-corrected chi connectivity index (χ4v) is 4.63. The van der Waals surface area contributed by atoms with Crippen molar-refractivity contribution in [3.8, 4) is 11.1 Å². The van der Waals surface area contributed by atoms with Crippen LogP contribution in [0, 0.1) is 11.6 Å². The Balaban J connectivity index is 1.36. The van der Waals surface area contributed by atoms with Gasteiger partial charge in [-0.15, -0.1) is 0 Å². The van der Waals surface area contributed by atoms with Crippen LogP contribution in [-0.2, 0) is 25.7 Å². The zero-order valence-electron chi connectivity index (χ0n) is 21.2. The predicted molar refractivity (Wildman–Crippen MR) is 147 cm³/mol. The lowest BCUT2D eigenvalue weighted by Crippen LogP contribution is -2.05. The van der Waals surface area contributed by atoms with E-state index in [1.165, 1.54) is 28.8 Å². The van der Waals surface area contributed by atoms with Crippen molar-refractivity contribution in [3.05, 3.63) is 143 Å². The van der Waals surface area contributed by atoms with Crippen LogP contribution in [0.2, 0.25) is 0 Å². The number of rotatable bonds is 10. The van der Waals surface area contributed by atoms with Gasteiger partial charge in [-0.1, -0.05) is 97.9 Å². The molecule has 0 N–H and O–H groups in total. The molecule has 0 fully saturated rings. The monoisotopic (exact) mass is 480 g/mol. The lowest BCUT2D eigenvalue weighted by molar-refractivity contribution is 0.540. The third kappa shape index (κ3) is 6.79. The summed E-state index contributed by atoms with van der Waals surface area (Å²) in [5.41, 5.74) is 6.82. The molecule has 0 aliphatic rings. The average Bonchev–Trinajstić information content (AvgIpc) is 2.91. The molecule has 0 saturated carbocycles. The van der Waals surface area contributed by atoms with Gasteiger partial charge in [-0.3, -0.25) is 0 Å². The molecule has 2 heteroatoms. The highest BCUT2D eigenvalue weighted by molar-refractivity contribution is 5.64. The molecular weight excluding hydrogens is 446 g/mol. The number of aryl methyl sites for hydroxylation is 3. The number of hydrogen-bond donors (Lipinski definition) is 0. The molecule has 4 rings (SSSR count). The van der Waals surface area contributed by atoms with Crippen LogP contribution in [0.25, 0.3) is 11.1 Å². The third-order valence-corrected chi connectivity index (χ3v) is 6.86. The summed E-state index contributed by atoms with van der Waals surface area (Å²) in [6.07, 6.45) is 8.08. The van der Waals surface area contributed by atoms with Crippen molar-refractivity contribution < 1.29 is 8.78 Å². The Kier molecular flexibility index (Phi) is 8.84. The summed E-state index contributed by atoms with van der Waals surface area (Å²) < 4.78 is 29.7. The molecule has 0 heterocycles. The van der Waals surface area contributed by atoms with Gasteiger partial charge in [0.25, 0.3) is 0 Å². The highest BCUT2D eigenvalue weighted by Crippen LogP contribution is 2.26. The van der Waals surface area contributed by atoms with Crippen LogP contribution in [0.5, 0.6) is 0 Å². The average molecular weight is 481 g/mol. The van der Waals surface area contributed by atoms with Crippen LogP contribution < -0.4 is 0 Å². The van der Waals surface area contributed by atoms with Crippen molar-refractivity contribution in [2.45, 2.75) is 51.9 Å². The Labute approximate surface area is 214 Å². The van der Waals surface area contributed by atoms with E-state index in [2.05, 4.69) is 60.7 Å². The normalized spacial score (nSPS) is 12.2. The second-order valence-electron chi connectivity index (χ2n) is 9.56. The molecule has 0 radical (unpaired) electrons. The largest absolute Gasteiger partial charge is 0.207 e.